The monoisotopic (exact) mass is 158 g/mol. The summed E-state index contributed by atoms with van der Waals surface area (Å²) in [6, 6.07) is 6.15. The summed E-state index contributed by atoms with van der Waals surface area (Å²) in [7, 11) is -2.17. The van der Waals surface area contributed by atoms with Crippen molar-refractivity contribution in [1.82, 2.24) is 0 Å². The Kier molecular flexibility index (Phi) is 2.22. The first-order valence-corrected chi connectivity index (χ1v) is 3.92. The Bertz CT molecular complexity index is 224. The third-order valence-corrected chi connectivity index (χ3v) is 1.91. The predicted molar refractivity (Wildman–Crippen MR) is 39.1 cm³/mol. The molecule has 0 spiro atoms. The van der Waals surface area contributed by atoms with E-state index < -0.39 is 8.38 Å². The van der Waals surface area contributed by atoms with E-state index in [-0.39, 0.29) is 11.1 Å². The molecule has 0 amide bonds. The standard InChI is InChI=1S/C6H7O3P/c7-5-3-1-2-4-6(5)10(8)9/h1-4,7-9H. The molecule has 0 aliphatic rings. The molecule has 1 aromatic carbocycles. The second-order valence-corrected chi connectivity index (χ2v) is 2.84. The average Bonchev–Trinajstić information content (AvgIpc) is 1.88. The van der Waals surface area contributed by atoms with Crippen molar-refractivity contribution in [2.75, 3.05) is 0 Å². The molecule has 1 aromatic rings. The SMILES string of the molecule is Oc1ccccc1P(O)O. The van der Waals surface area contributed by atoms with E-state index in [0.29, 0.717) is 0 Å². The van der Waals surface area contributed by atoms with Crippen LogP contribution in [0.5, 0.6) is 5.75 Å². The van der Waals surface area contributed by atoms with E-state index >= 15 is 0 Å². The van der Waals surface area contributed by atoms with Crippen LogP contribution in [0.15, 0.2) is 24.3 Å². The summed E-state index contributed by atoms with van der Waals surface area (Å²) in [6.07, 6.45) is 0. The first-order valence-electron chi connectivity index (χ1n) is 2.67. The molecule has 0 atom stereocenters. The highest BCUT2D eigenvalue weighted by atomic mass is 31.2. The molecule has 0 fully saturated rings. The molecule has 0 aliphatic heterocycles. The summed E-state index contributed by atoms with van der Waals surface area (Å²) in [5, 5.41) is 9.17. The highest BCUT2D eigenvalue weighted by Gasteiger charge is 2.06. The van der Waals surface area contributed by atoms with Gasteiger partial charge in [-0.1, -0.05) is 12.1 Å². The van der Waals surface area contributed by atoms with E-state index in [4.69, 9.17) is 14.9 Å². The Morgan fingerprint density at radius 2 is 1.70 bits per heavy atom. The lowest BCUT2D eigenvalue weighted by Gasteiger charge is -2.02. The maximum absolute atomic E-state index is 8.98. The molecule has 1 rings (SSSR count). The van der Waals surface area contributed by atoms with Crippen LogP contribution in [-0.4, -0.2) is 14.9 Å². The molecule has 0 saturated heterocycles. The topological polar surface area (TPSA) is 60.7 Å². The maximum atomic E-state index is 8.98. The lowest BCUT2D eigenvalue weighted by atomic mass is 10.3. The normalized spacial score (nSPS) is 10.3. The molecule has 4 heteroatoms. The number of aromatic hydroxyl groups is 1. The van der Waals surface area contributed by atoms with Crippen molar-refractivity contribution in [2.45, 2.75) is 0 Å². The second kappa shape index (κ2) is 2.97. The van der Waals surface area contributed by atoms with E-state index in [1.165, 1.54) is 12.1 Å². The van der Waals surface area contributed by atoms with Crippen LogP contribution in [0.1, 0.15) is 0 Å². The third-order valence-electron chi connectivity index (χ3n) is 1.10. The summed E-state index contributed by atoms with van der Waals surface area (Å²) in [5.41, 5.74) is 0. The molecule has 0 aromatic heterocycles. The van der Waals surface area contributed by atoms with Crippen molar-refractivity contribution in [3.63, 3.8) is 0 Å². The van der Waals surface area contributed by atoms with Crippen molar-refractivity contribution in [3.05, 3.63) is 24.3 Å². The van der Waals surface area contributed by atoms with E-state index in [1.807, 2.05) is 0 Å². The fourth-order valence-electron chi connectivity index (χ4n) is 0.633. The van der Waals surface area contributed by atoms with Crippen molar-refractivity contribution >= 4 is 13.7 Å². The molecular formula is C6H7O3P. The molecule has 0 bridgehead atoms. The van der Waals surface area contributed by atoms with Gasteiger partial charge in [0.15, 0.2) is 0 Å². The molecule has 0 aliphatic carbocycles. The number of rotatable bonds is 1. The molecule has 0 heterocycles. The minimum Gasteiger partial charge on any atom is -0.507 e. The van der Waals surface area contributed by atoms with Gasteiger partial charge in [-0.05, 0) is 12.1 Å². The van der Waals surface area contributed by atoms with Crippen LogP contribution >= 0.6 is 8.38 Å². The van der Waals surface area contributed by atoms with Crippen LogP contribution in [0, 0.1) is 0 Å². The van der Waals surface area contributed by atoms with Crippen LogP contribution in [0.3, 0.4) is 0 Å². The van der Waals surface area contributed by atoms with Gasteiger partial charge in [0.2, 0.25) is 8.38 Å². The van der Waals surface area contributed by atoms with Crippen LogP contribution in [0.2, 0.25) is 0 Å². The summed E-state index contributed by atoms with van der Waals surface area (Å²) < 4.78 is 0. The Morgan fingerprint density at radius 1 is 1.10 bits per heavy atom. The quantitative estimate of drug-likeness (QED) is 0.515. The van der Waals surface area contributed by atoms with Crippen molar-refractivity contribution in [2.24, 2.45) is 0 Å². The van der Waals surface area contributed by atoms with Gasteiger partial charge in [-0.3, -0.25) is 0 Å². The number of para-hydroxylation sites is 1. The van der Waals surface area contributed by atoms with Gasteiger partial charge < -0.3 is 14.9 Å². The number of hydrogen-bond acceptors (Lipinski definition) is 3. The number of benzene rings is 1. The van der Waals surface area contributed by atoms with Gasteiger partial charge in [-0.15, -0.1) is 0 Å². The van der Waals surface area contributed by atoms with E-state index in [9.17, 15) is 0 Å². The van der Waals surface area contributed by atoms with E-state index in [1.54, 1.807) is 12.1 Å². The molecule has 10 heavy (non-hydrogen) atoms. The zero-order valence-corrected chi connectivity index (χ0v) is 5.99. The fraction of sp³-hybridized carbons (Fsp3) is 0. The summed E-state index contributed by atoms with van der Waals surface area (Å²) in [4.78, 5) is 17.3. The average molecular weight is 158 g/mol. The summed E-state index contributed by atoms with van der Waals surface area (Å²) >= 11 is 0. The highest BCUT2D eigenvalue weighted by Crippen LogP contribution is 2.26. The van der Waals surface area contributed by atoms with E-state index in [0.717, 1.165) is 0 Å². The van der Waals surface area contributed by atoms with Gasteiger partial charge >= 0.3 is 0 Å². The van der Waals surface area contributed by atoms with Gasteiger partial charge in [0, 0.05) is 0 Å². The second-order valence-electron chi connectivity index (χ2n) is 1.78. The predicted octanol–water partition coefficient (Wildman–Crippen LogP) is 0.314. The molecule has 0 unspecified atom stereocenters. The Labute approximate surface area is 59.5 Å². The van der Waals surface area contributed by atoms with E-state index in [2.05, 4.69) is 0 Å². The first-order chi connectivity index (χ1) is 4.72. The fourth-order valence-corrected chi connectivity index (χ4v) is 1.13. The zero-order chi connectivity index (χ0) is 7.56. The Hall–Kier alpha value is -0.630. The zero-order valence-electron chi connectivity index (χ0n) is 5.10. The summed E-state index contributed by atoms with van der Waals surface area (Å²) in [5.74, 6) is -0.0707. The molecular weight excluding hydrogens is 151 g/mol. The van der Waals surface area contributed by atoms with Crippen LogP contribution in [0.25, 0.3) is 0 Å². The van der Waals surface area contributed by atoms with Gasteiger partial charge in [0.05, 0.1) is 5.30 Å². The number of hydrogen-bond donors (Lipinski definition) is 3. The molecule has 54 valence electrons. The van der Waals surface area contributed by atoms with Crippen molar-refractivity contribution < 1.29 is 14.9 Å². The Morgan fingerprint density at radius 3 is 2.10 bits per heavy atom. The first kappa shape index (κ1) is 7.48. The van der Waals surface area contributed by atoms with Crippen LogP contribution in [-0.2, 0) is 0 Å². The van der Waals surface area contributed by atoms with Crippen LogP contribution in [0.4, 0.5) is 0 Å². The highest BCUT2D eigenvalue weighted by molar-refractivity contribution is 7.54. The van der Waals surface area contributed by atoms with Gasteiger partial charge in [-0.2, -0.15) is 0 Å². The van der Waals surface area contributed by atoms with Crippen LogP contribution < -0.4 is 5.30 Å². The van der Waals surface area contributed by atoms with Gasteiger partial charge in [0.1, 0.15) is 5.75 Å². The van der Waals surface area contributed by atoms with Gasteiger partial charge in [-0.25, -0.2) is 0 Å². The van der Waals surface area contributed by atoms with Gasteiger partial charge in [0.25, 0.3) is 0 Å². The molecule has 3 N–H and O–H groups in total. The third kappa shape index (κ3) is 1.45. The maximum Gasteiger partial charge on any atom is 0.203 e. The van der Waals surface area contributed by atoms with Crippen molar-refractivity contribution in [1.29, 1.82) is 0 Å². The molecule has 3 nitrogen and oxygen atoms in total. The smallest absolute Gasteiger partial charge is 0.203 e. The molecule has 0 saturated carbocycles. The minimum absolute atomic E-state index is 0.0707. The molecule has 0 radical (unpaired) electrons. The Balaban J connectivity index is 3.03. The summed E-state index contributed by atoms with van der Waals surface area (Å²) in [6.45, 7) is 0. The lowest BCUT2D eigenvalue weighted by Crippen LogP contribution is -1.98. The minimum atomic E-state index is -2.17. The van der Waals surface area contributed by atoms with Crippen molar-refractivity contribution in [3.8, 4) is 5.75 Å². The lowest BCUT2D eigenvalue weighted by molar-refractivity contribution is 0.469. The number of phenolic OH excluding ortho intramolecular Hbond substituents is 1. The number of phenols is 1. The largest absolute Gasteiger partial charge is 0.507 e.